The third kappa shape index (κ3) is 2.57. The first-order valence-corrected chi connectivity index (χ1v) is 8.36. The van der Waals surface area contributed by atoms with Crippen LogP contribution in [0.2, 0.25) is 0 Å². The molecule has 0 amide bonds. The van der Waals surface area contributed by atoms with Crippen LogP contribution in [0.3, 0.4) is 0 Å². The smallest absolute Gasteiger partial charge is 0.202 e. The first kappa shape index (κ1) is 14.2. The van der Waals surface area contributed by atoms with E-state index in [2.05, 4.69) is 111 Å². The molecule has 23 heavy (non-hydrogen) atoms. The number of hydrogen-bond donors (Lipinski definition) is 0. The van der Waals surface area contributed by atoms with Crippen molar-refractivity contribution in [3.8, 4) is 16.9 Å². The molecule has 0 atom stereocenters. The van der Waals surface area contributed by atoms with Crippen LogP contribution < -0.4 is 4.40 Å². The van der Waals surface area contributed by atoms with Crippen LogP contribution in [0.5, 0.6) is 0 Å². The standard InChI is InChI=1S/C20H16BrN2/c1-15-5-7-16(8-6-15)19-14-22-13-3-2-4-20(22)23(19)18-11-9-17(21)10-12-18/h2-14H,1H3/q+1. The number of benzene rings is 2. The second-order valence-electron chi connectivity index (χ2n) is 5.66. The van der Waals surface area contributed by atoms with Gasteiger partial charge in [-0.3, -0.25) is 0 Å². The zero-order valence-electron chi connectivity index (χ0n) is 12.8. The van der Waals surface area contributed by atoms with E-state index in [4.69, 9.17) is 0 Å². The third-order valence-corrected chi connectivity index (χ3v) is 4.56. The first-order chi connectivity index (χ1) is 11.2. The van der Waals surface area contributed by atoms with Gasteiger partial charge in [-0.15, -0.1) is 0 Å². The lowest BCUT2D eigenvalue weighted by molar-refractivity contribution is -0.510. The minimum absolute atomic E-state index is 1.09. The highest BCUT2D eigenvalue weighted by atomic mass is 79.9. The van der Waals surface area contributed by atoms with E-state index in [1.165, 1.54) is 16.8 Å². The van der Waals surface area contributed by atoms with Crippen molar-refractivity contribution in [1.82, 2.24) is 4.57 Å². The van der Waals surface area contributed by atoms with E-state index >= 15 is 0 Å². The average Bonchev–Trinajstić information content (AvgIpc) is 2.96. The number of halogens is 1. The lowest BCUT2D eigenvalue weighted by Gasteiger charge is -2.03. The van der Waals surface area contributed by atoms with Crippen LogP contribution in [-0.4, -0.2) is 4.57 Å². The van der Waals surface area contributed by atoms with Crippen LogP contribution in [0.15, 0.2) is 83.6 Å². The van der Waals surface area contributed by atoms with Crippen LogP contribution in [0.4, 0.5) is 0 Å². The highest BCUT2D eigenvalue weighted by molar-refractivity contribution is 9.10. The van der Waals surface area contributed by atoms with Crippen molar-refractivity contribution in [3.05, 3.63) is 89.2 Å². The molecule has 0 saturated carbocycles. The van der Waals surface area contributed by atoms with Crippen molar-refractivity contribution >= 4 is 21.6 Å². The van der Waals surface area contributed by atoms with Crippen LogP contribution in [0.1, 0.15) is 5.56 Å². The van der Waals surface area contributed by atoms with Crippen molar-refractivity contribution in [2.24, 2.45) is 0 Å². The number of aryl methyl sites for hydroxylation is 1. The number of fused-ring (bicyclic) bond motifs is 1. The maximum absolute atomic E-state index is 3.52. The Kier molecular flexibility index (Phi) is 3.50. The van der Waals surface area contributed by atoms with E-state index in [1.807, 2.05) is 0 Å². The Bertz CT molecular complexity index is 967. The summed E-state index contributed by atoms with van der Waals surface area (Å²) < 4.78 is 5.54. The predicted molar refractivity (Wildman–Crippen MR) is 96.8 cm³/mol. The summed E-state index contributed by atoms with van der Waals surface area (Å²) in [6, 6.07) is 23.4. The van der Waals surface area contributed by atoms with Gasteiger partial charge < -0.3 is 0 Å². The Hall–Kier alpha value is -2.39. The van der Waals surface area contributed by atoms with E-state index in [0.29, 0.717) is 0 Å². The van der Waals surface area contributed by atoms with Gasteiger partial charge in [0.2, 0.25) is 0 Å². The summed E-state index contributed by atoms with van der Waals surface area (Å²) in [4.78, 5) is 0. The number of pyridine rings is 1. The summed E-state index contributed by atoms with van der Waals surface area (Å²) in [5, 5.41) is 0. The summed E-state index contributed by atoms with van der Waals surface area (Å²) in [5.74, 6) is 0. The van der Waals surface area contributed by atoms with Gasteiger partial charge in [-0.2, -0.15) is 4.57 Å². The zero-order valence-corrected chi connectivity index (χ0v) is 14.4. The molecule has 0 aliphatic carbocycles. The summed E-state index contributed by atoms with van der Waals surface area (Å²) >= 11 is 3.52. The van der Waals surface area contributed by atoms with Gasteiger partial charge in [-0.05, 0) is 37.3 Å². The van der Waals surface area contributed by atoms with Crippen molar-refractivity contribution in [3.63, 3.8) is 0 Å². The SMILES string of the molecule is Cc1ccc(-c2c[n+]3ccccc3n2-c2ccc(Br)cc2)cc1. The molecule has 2 aromatic carbocycles. The second-order valence-corrected chi connectivity index (χ2v) is 6.57. The van der Waals surface area contributed by atoms with Gasteiger partial charge >= 0.3 is 0 Å². The minimum atomic E-state index is 1.09. The molecule has 3 heteroatoms. The van der Waals surface area contributed by atoms with Crippen molar-refractivity contribution < 1.29 is 4.40 Å². The maximum atomic E-state index is 3.52. The molecule has 0 spiro atoms. The molecular weight excluding hydrogens is 348 g/mol. The molecule has 0 aliphatic rings. The Balaban J connectivity index is 2.01. The number of hydrogen-bond acceptors (Lipinski definition) is 0. The molecule has 0 fully saturated rings. The lowest BCUT2D eigenvalue weighted by atomic mass is 10.1. The van der Waals surface area contributed by atoms with Gasteiger partial charge in [0, 0.05) is 16.1 Å². The van der Waals surface area contributed by atoms with Crippen LogP contribution in [-0.2, 0) is 0 Å². The van der Waals surface area contributed by atoms with Crippen LogP contribution in [0.25, 0.3) is 22.6 Å². The Morgan fingerprint density at radius 2 is 1.61 bits per heavy atom. The van der Waals surface area contributed by atoms with Crippen molar-refractivity contribution in [2.45, 2.75) is 6.92 Å². The van der Waals surface area contributed by atoms with Gasteiger partial charge in [0.25, 0.3) is 5.65 Å². The molecule has 4 aromatic rings. The Labute approximate surface area is 143 Å². The molecule has 0 radical (unpaired) electrons. The van der Waals surface area contributed by atoms with Gasteiger partial charge in [0.15, 0.2) is 5.69 Å². The van der Waals surface area contributed by atoms with Crippen LogP contribution in [0, 0.1) is 6.92 Å². The Morgan fingerprint density at radius 1 is 0.870 bits per heavy atom. The fraction of sp³-hybridized carbons (Fsp3) is 0.0500. The van der Waals surface area contributed by atoms with Crippen LogP contribution >= 0.6 is 15.9 Å². The van der Waals surface area contributed by atoms with E-state index in [0.717, 1.165) is 15.8 Å². The fourth-order valence-electron chi connectivity index (χ4n) is 2.85. The fourth-order valence-corrected chi connectivity index (χ4v) is 3.11. The van der Waals surface area contributed by atoms with E-state index in [-0.39, 0.29) is 0 Å². The largest absolute Gasteiger partial charge is 0.291 e. The summed E-state index contributed by atoms with van der Waals surface area (Å²) in [6.07, 6.45) is 4.27. The van der Waals surface area contributed by atoms with Gasteiger partial charge in [0.05, 0.1) is 6.20 Å². The van der Waals surface area contributed by atoms with E-state index in [1.54, 1.807) is 0 Å². The maximum Gasteiger partial charge on any atom is 0.291 e. The highest BCUT2D eigenvalue weighted by Crippen LogP contribution is 2.26. The molecule has 0 bridgehead atoms. The monoisotopic (exact) mass is 363 g/mol. The summed E-state index contributed by atoms with van der Waals surface area (Å²) in [7, 11) is 0. The number of nitrogens with zero attached hydrogens (tertiary/aromatic N) is 2. The number of rotatable bonds is 2. The molecule has 2 heterocycles. The molecule has 2 aromatic heterocycles. The topological polar surface area (TPSA) is 9.03 Å². The first-order valence-electron chi connectivity index (χ1n) is 7.57. The molecule has 2 nitrogen and oxygen atoms in total. The molecule has 0 aliphatic heterocycles. The number of imidazole rings is 1. The van der Waals surface area contributed by atoms with E-state index < -0.39 is 0 Å². The molecule has 112 valence electrons. The van der Waals surface area contributed by atoms with E-state index in [9.17, 15) is 0 Å². The third-order valence-electron chi connectivity index (χ3n) is 4.03. The quantitative estimate of drug-likeness (QED) is 0.445. The predicted octanol–water partition coefficient (Wildman–Crippen LogP) is 4.95. The minimum Gasteiger partial charge on any atom is -0.202 e. The lowest BCUT2D eigenvalue weighted by Crippen LogP contribution is -2.17. The molecule has 0 saturated heterocycles. The summed E-state index contributed by atoms with van der Waals surface area (Å²) in [6.45, 7) is 2.11. The molecule has 4 rings (SSSR count). The normalized spacial score (nSPS) is 11.0. The second kappa shape index (κ2) is 5.67. The molecule has 0 unspecified atom stereocenters. The van der Waals surface area contributed by atoms with Gasteiger partial charge in [-0.1, -0.05) is 51.8 Å². The highest BCUT2D eigenvalue weighted by Gasteiger charge is 2.20. The van der Waals surface area contributed by atoms with Crippen molar-refractivity contribution in [2.75, 3.05) is 0 Å². The Morgan fingerprint density at radius 3 is 2.35 bits per heavy atom. The summed E-state index contributed by atoms with van der Waals surface area (Å²) in [5.41, 5.74) is 5.95. The van der Waals surface area contributed by atoms with Gasteiger partial charge in [-0.25, -0.2) is 4.40 Å². The van der Waals surface area contributed by atoms with Gasteiger partial charge in [0.1, 0.15) is 11.9 Å². The molecule has 0 N–H and O–H groups in total. The molecular formula is C20H16BrN2+. The number of aromatic nitrogens is 2. The van der Waals surface area contributed by atoms with Crippen molar-refractivity contribution in [1.29, 1.82) is 0 Å². The zero-order chi connectivity index (χ0) is 15.8. The average molecular weight is 364 g/mol.